The molecule has 184 valence electrons. The minimum absolute atomic E-state index is 0.239. The second kappa shape index (κ2) is 9.19. The highest BCUT2D eigenvalue weighted by Gasteiger charge is 2.33. The lowest BCUT2D eigenvalue weighted by Gasteiger charge is -2.41. The van der Waals surface area contributed by atoms with Crippen molar-refractivity contribution in [3.8, 4) is 17.1 Å². The van der Waals surface area contributed by atoms with Gasteiger partial charge in [-0.2, -0.15) is 5.10 Å². The van der Waals surface area contributed by atoms with Crippen LogP contribution in [0.15, 0.2) is 53.9 Å². The molecule has 2 aliphatic rings. The SMILES string of the molecule is COc1ccc(-c2nn(C(C)/C3=N/c4ccccc4COCN3C3CCC3)c3ncnc(N)c23)cn1. The zero-order valence-electron chi connectivity index (χ0n) is 20.3. The van der Waals surface area contributed by atoms with E-state index in [1.807, 2.05) is 28.9 Å². The van der Waals surface area contributed by atoms with Crippen molar-refractivity contribution in [2.75, 3.05) is 19.6 Å². The van der Waals surface area contributed by atoms with Gasteiger partial charge in [0, 0.05) is 29.4 Å². The van der Waals surface area contributed by atoms with Gasteiger partial charge in [-0.25, -0.2) is 24.6 Å². The van der Waals surface area contributed by atoms with E-state index in [9.17, 15) is 0 Å². The average Bonchev–Trinajstić information content (AvgIpc) is 3.26. The Hall–Kier alpha value is -4.05. The van der Waals surface area contributed by atoms with Gasteiger partial charge < -0.3 is 20.1 Å². The highest BCUT2D eigenvalue weighted by Crippen LogP contribution is 2.35. The van der Waals surface area contributed by atoms with Crippen LogP contribution in [0.2, 0.25) is 0 Å². The van der Waals surface area contributed by atoms with E-state index in [1.54, 1.807) is 19.4 Å². The number of nitrogens with two attached hydrogens (primary N) is 1. The number of ether oxygens (including phenoxy) is 2. The fourth-order valence-corrected chi connectivity index (χ4v) is 4.79. The number of nitrogen functional groups attached to an aromatic ring is 1. The molecule has 1 fully saturated rings. The molecule has 6 rings (SSSR count). The highest BCUT2D eigenvalue weighted by atomic mass is 16.5. The van der Waals surface area contributed by atoms with Crippen LogP contribution < -0.4 is 10.5 Å². The predicted octanol–water partition coefficient (Wildman–Crippen LogP) is 4.11. The van der Waals surface area contributed by atoms with E-state index < -0.39 is 0 Å². The topological polar surface area (TPSA) is 117 Å². The van der Waals surface area contributed by atoms with Crippen LogP contribution in [0.5, 0.6) is 5.88 Å². The van der Waals surface area contributed by atoms with Crippen LogP contribution in [-0.4, -0.2) is 55.4 Å². The summed E-state index contributed by atoms with van der Waals surface area (Å²) in [5.74, 6) is 1.79. The quantitative estimate of drug-likeness (QED) is 0.450. The molecule has 0 radical (unpaired) electrons. The number of fused-ring (bicyclic) bond motifs is 2. The molecule has 10 heteroatoms. The first-order valence-electron chi connectivity index (χ1n) is 12.1. The Bertz CT molecular complexity index is 1430. The lowest BCUT2D eigenvalue weighted by Crippen LogP contribution is -2.48. The van der Waals surface area contributed by atoms with Crippen LogP contribution in [0.3, 0.4) is 0 Å². The first-order chi connectivity index (χ1) is 17.6. The third-order valence-corrected chi connectivity index (χ3v) is 7.00. The minimum Gasteiger partial charge on any atom is -0.481 e. The Morgan fingerprint density at radius 3 is 2.72 bits per heavy atom. The van der Waals surface area contributed by atoms with Crippen LogP contribution in [0.4, 0.5) is 11.5 Å². The summed E-state index contributed by atoms with van der Waals surface area (Å²) in [5, 5.41) is 5.69. The summed E-state index contributed by atoms with van der Waals surface area (Å²) >= 11 is 0. The van der Waals surface area contributed by atoms with Crippen LogP contribution in [0, 0.1) is 0 Å². The Kier molecular flexibility index (Phi) is 5.73. The van der Waals surface area contributed by atoms with Gasteiger partial charge in [0.05, 0.1) is 24.8 Å². The van der Waals surface area contributed by atoms with E-state index in [0.717, 1.165) is 35.5 Å². The number of nitrogens with zero attached hydrogens (tertiary/aromatic N) is 7. The van der Waals surface area contributed by atoms with Crippen molar-refractivity contribution < 1.29 is 9.47 Å². The van der Waals surface area contributed by atoms with Gasteiger partial charge in [0.25, 0.3) is 0 Å². The molecule has 1 saturated carbocycles. The summed E-state index contributed by atoms with van der Waals surface area (Å²) in [4.78, 5) is 20.7. The van der Waals surface area contributed by atoms with Gasteiger partial charge in [-0.15, -0.1) is 0 Å². The van der Waals surface area contributed by atoms with Crippen LogP contribution in [-0.2, 0) is 11.3 Å². The maximum Gasteiger partial charge on any atom is 0.212 e. The molecule has 1 aliphatic heterocycles. The number of rotatable bonds is 5. The van der Waals surface area contributed by atoms with E-state index in [0.29, 0.717) is 47.8 Å². The van der Waals surface area contributed by atoms with Gasteiger partial charge in [0.2, 0.25) is 5.88 Å². The van der Waals surface area contributed by atoms with E-state index >= 15 is 0 Å². The predicted molar refractivity (Wildman–Crippen MR) is 137 cm³/mol. The van der Waals surface area contributed by atoms with E-state index in [-0.39, 0.29) is 6.04 Å². The number of aromatic nitrogens is 5. The number of aliphatic imine (C=N–C) groups is 1. The number of methoxy groups -OCH3 is 1. The van der Waals surface area contributed by atoms with Crippen molar-refractivity contribution in [1.82, 2.24) is 29.6 Å². The second-order valence-electron chi connectivity index (χ2n) is 9.15. The molecule has 1 aromatic carbocycles. The van der Waals surface area contributed by atoms with Crippen molar-refractivity contribution in [1.29, 1.82) is 0 Å². The second-order valence-corrected chi connectivity index (χ2v) is 9.15. The van der Waals surface area contributed by atoms with Crippen LogP contribution in [0.25, 0.3) is 22.3 Å². The van der Waals surface area contributed by atoms with E-state index in [2.05, 4.69) is 32.8 Å². The molecule has 0 amide bonds. The molecule has 1 aliphatic carbocycles. The Morgan fingerprint density at radius 2 is 1.97 bits per heavy atom. The Morgan fingerprint density at radius 1 is 1.11 bits per heavy atom. The number of hydrogen-bond donors (Lipinski definition) is 1. The fraction of sp³-hybridized carbons (Fsp3) is 0.346. The Labute approximate surface area is 208 Å². The van der Waals surface area contributed by atoms with Crippen molar-refractivity contribution in [2.24, 2.45) is 4.99 Å². The van der Waals surface area contributed by atoms with E-state index in [4.69, 9.17) is 25.3 Å². The molecular formula is C26H28N8O2. The number of amidine groups is 1. The zero-order valence-corrected chi connectivity index (χ0v) is 20.3. The lowest BCUT2D eigenvalue weighted by atomic mass is 9.91. The summed E-state index contributed by atoms with van der Waals surface area (Å²) in [6.45, 7) is 3.11. The van der Waals surface area contributed by atoms with Gasteiger partial charge in [0.15, 0.2) is 5.65 Å². The fourth-order valence-electron chi connectivity index (χ4n) is 4.79. The summed E-state index contributed by atoms with van der Waals surface area (Å²) in [7, 11) is 1.59. The molecule has 2 N–H and O–H groups in total. The minimum atomic E-state index is -0.239. The van der Waals surface area contributed by atoms with Gasteiger partial charge in [-0.1, -0.05) is 18.2 Å². The molecule has 10 nitrogen and oxygen atoms in total. The number of hydrogen-bond acceptors (Lipinski definition) is 9. The number of para-hydroxylation sites is 1. The standard InChI is InChI=1S/C26H28N8O2/c1-16(25-31-20-9-4-3-6-18(20)13-36-15-33(25)19-7-5-8-19)34-26-22(24(27)29-14-30-26)23(32-34)17-10-11-21(35-2)28-12-17/h3-4,6,9-12,14,16,19H,5,7-8,13,15H2,1-2H3,(H2,27,29,30)/b31-25-. The number of benzene rings is 1. The first-order valence-corrected chi connectivity index (χ1v) is 12.1. The zero-order chi connectivity index (χ0) is 24.6. The third-order valence-electron chi connectivity index (χ3n) is 7.00. The highest BCUT2D eigenvalue weighted by molar-refractivity contribution is 5.99. The summed E-state index contributed by atoms with van der Waals surface area (Å²) in [5.41, 5.74) is 10.4. The molecule has 36 heavy (non-hydrogen) atoms. The van der Waals surface area contributed by atoms with Crippen molar-refractivity contribution in [3.05, 3.63) is 54.5 Å². The average molecular weight is 485 g/mol. The molecule has 3 aromatic heterocycles. The van der Waals surface area contributed by atoms with Crippen molar-refractivity contribution in [2.45, 2.75) is 44.9 Å². The largest absolute Gasteiger partial charge is 0.481 e. The van der Waals surface area contributed by atoms with Gasteiger partial charge in [-0.05, 0) is 38.3 Å². The molecule has 4 aromatic rings. The van der Waals surface area contributed by atoms with Crippen LogP contribution >= 0.6 is 0 Å². The van der Waals surface area contributed by atoms with Crippen molar-refractivity contribution in [3.63, 3.8) is 0 Å². The molecule has 0 spiro atoms. The molecule has 1 atom stereocenters. The Balaban J connectivity index is 1.51. The third kappa shape index (κ3) is 3.83. The molecule has 1 unspecified atom stereocenters. The maximum absolute atomic E-state index is 6.35. The van der Waals surface area contributed by atoms with Gasteiger partial charge in [0.1, 0.15) is 36.4 Å². The number of anilines is 1. The summed E-state index contributed by atoms with van der Waals surface area (Å²) in [6.07, 6.45) is 6.65. The summed E-state index contributed by atoms with van der Waals surface area (Å²) in [6, 6.07) is 12.0. The monoisotopic (exact) mass is 484 g/mol. The summed E-state index contributed by atoms with van der Waals surface area (Å²) < 4.78 is 13.3. The van der Waals surface area contributed by atoms with Gasteiger partial charge >= 0.3 is 0 Å². The smallest absolute Gasteiger partial charge is 0.212 e. The molecular weight excluding hydrogens is 456 g/mol. The first kappa shape index (κ1) is 22.4. The van der Waals surface area contributed by atoms with Crippen molar-refractivity contribution >= 4 is 28.4 Å². The number of pyridine rings is 1. The van der Waals surface area contributed by atoms with Gasteiger partial charge in [-0.3, -0.25) is 0 Å². The van der Waals surface area contributed by atoms with E-state index in [1.165, 1.54) is 12.7 Å². The molecule has 4 heterocycles. The molecule has 0 bridgehead atoms. The van der Waals surface area contributed by atoms with Crippen LogP contribution in [0.1, 0.15) is 37.8 Å². The maximum atomic E-state index is 6.35. The normalized spacial score (nSPS) is 18.5. The lowest BCUT2D eigenvalue weighted by molar-refractivity contribution is 0.0154. The molecule has 0 saturated heterocycles.